The molecule has 1 aliphatic rings. The van der Waals surface area contributed by atoms with Gasteiger partial charge in [0, 0.05) is 24.2 Å². The molecule has 2 heterocycles. The number of aryl methyl sites for hydroxylation is 2. The first-order valence-corrected chi connectivity index (χ1v) is 13.2. The van der Waals surface area contributed by atoms with E-state index in [2.05, 4.69) is 10.3 Å². The summed E-state index contributed by atoms with van der Waals surface area (Å²) in [6.07, 6.45) is 2.89. The summed E-state index contributed by atoms with van der Waals surface area (Å²) in [5.41, 5.74) is 3.94. The summed E-state index contributed by atoms with van der Waals surface area (Å²) in [5.74, 6) is 0.190. The Morgan fingerprint density at radius 1 is 1.09 bits per heavy atom. The smallest absolute Gasteiger partial charge is 0.243 e. The van der Waals surface area contributed by atoms with Crippen LogP contribution in [-0.4, -0.2) is 43.3 Å². The average molecular weight is 482 g/mol. The highest BCUT2D eigenvalue weighted by molar-refractivity contribution is 7.89. The molecule has 1 aliphatic heterocycles. The van der Waals surface area contributed by atoms with Crippen LogP contribution < -0.4 is 10.1 Å². The quantitative estimate of drug-likeness (QED) is 0.533. The second-order valence-electron chi connectivity index (χ2n) is 8.60. The van der Waals surface area contributed by atoms with Crippen LogP contribution in [0.25, 0.3) is 10.9 Å². The number of aromatic nitrogens is 1. The SMILES string of the molecule is CCOc1ccc(S(=O)(=O)N2CCCCC2)cc1NC(=O)Cc1c(C)nc2ccccc2c1C. The van der Waals surface area contributed by atoms with Crippen molar-refractivity contribution in [3.05, 3.63) is 59.3 Å². The fourth-order valence-electron chi connectivity index (χ4n) is 4.49. The Balaban J connectivity index is 1.62. The molecule has 2 aromatic carbocycles. The van der Waals surface area contributed by atoms with Crippen LogP contribution in [0.4, 0.5) is 5.69 Å². The molecule has 1 fully saturated rings. The normalized spacial score (nSPS) is 14.8. The average Bonchev–Trinajstić information content (AvgIpc) is 2.83. The third-order valence-electron chi connectivity index (χ3n) is 6.30. The van der Waals surface area contributed by atoms with E-state index in [0.29, 0.717) is 31.1 Å². The van der Waals surface area contributed by atoms with Crippen molar-refractivity contribution in [2.24, 2.45) is 0 Å². The maximum Gasteiger partial charge on any atom is 0.243 e. The highest BCUT2D eigenvalue weighted by Gasteiger charge is 2.27. The number of ether oxygens (including phenoxy) is 1. The number of amides is 1. The van der Waals surface area contributed by atoms with Crippen LogP contribution >= 0.6 is 0 Å². The maximum atomic E-state index is 13.2. The lowest BCUT2D eigenvalue weighted by atomic mass is 9.99. The van der Waals surface area contributed by atoms with E-state index in [4.69, 9.17) is 4.74 Å². The zero-order chi connectivity index (χ0) is 24.3. The third-order valence-corrected chi connectivity index (χ3v) is 8.20. The van der Waals surface area contributed by atoms with Gasteiger partial charge in [-0.3, -0.25) is 9.78 Å². The van der Waals surface area contributed by atoms with Crippen LogP contribution in [0.3, 0.4) is 0 Å². The third kappa shape index (κ3) is 4.93. The van der Waals surface area contributed by atoms with E-state index < -0.39 is 10.0 Å². The number of piperidine rings is 1. The predicted octanol–water partition coefficient (Wildman–Crippen LogP) is 4.61. The molecule has 1 amide bonds. The summed E-state index contributed by atoms with van der Waals surface area (Å²) in [7, 11) is -3.63. The van der Waals surface area contributed by atoms with Crippen molar-refractivity contribution in [1.82, 2.24) is 9.29 Å². The number of sulfonamides is 1. The molecule has 0 bridgehead atoms. The minimum absolute atomic E-state index is 0.129. The van der Waals surface area contributed by atoms with Gasteiger partial charge in [-0.15, -0.1) is 0 Å². The van der Waals surface area contributed by atoms with E-state index in [9.17, 15) is 13.2 Å². The molecule has 34 heavy (non-hydrogen) atoms. The van der Waals surface area contributed by atoms with Crippen molar-refractivity contribution in [2.45, 2.75) is 51.3 Å². The molecule has 0 spiro atoms. The second kappa shape index (κ2) is 10.1. The second-order valence-corrected chi connectivity index (χ2v) is 10.5. The molecular formula is C26H31N3O4S. The van der Waals surface area contributed by atoms with Crippen molar-refractivity contribution in [2.75, 3.05) is 25.0 Å². The number of pyridine rings is 1. The number of para-hydroxylation sites is 1. The molecule has 0 unspecified atom stereocenters. The van der Waals surface area contributed by atoms with Crippen LogP contribution in [-0.2, 0) is 21.2 Å². The zero-order valence-electron chi connectivity index (χ0n) is 19.9. The Labute approximate surface area is 201 Å². The van der Waals surface area contributed by atoms with Crippen LogP contribution in [0.5, 0.6) is 5.75 Å². The molecule has 3 aromatic rings. The first-order valence-electron chi connectivity index (χ1n) is 11.7. The molecule has 8 heteroatoms. The molecule has 0 aliphatic carbocycles. The predicted molar refractivity (Wildman–Crippen MR) is 134 cm³/mol. The first kappa shape index (κ1) is 24.2. The van der Waals surface area contributed by atoms with Gasteiger partial charge in [-0.2, -0.15) is 4.31 Å². The Bertz CT molecular complexity index is 1320. The number of carbonyl (C=O) groups excluding carboxylic acids is 1. The number of carbonyl (C=O) groups is 1. The van der Waals surface area contributed by atoms with Gasteiger partial charge in [-0.25, -0.2) is 8.42 Å². The van der Waals surface area contributed by atoms with Gasteiger partial charge in [0.15, 0.2) is 0 Å². The zero-order valence-corrected chi connectivity index (χ0v) is 20.7. The standard InChI is InChI=1S/C26H31N3O4S/c1-4-33-25-13-12-20(34(31,32)29-14-8-5-9-15-29)16-24(25)28-26(30)17-22-18(2)21-10-6-7-11-23(21)27-19(22)3/h6-7,10-13,16H,4-5,8-9,14-15,17H2,1-3H3,(H,28,30). The topological polar surface area (TPSA) is 88.6 Å². The Morgan fingerprint density at radius 3 is 2.56 bits per heavy atom. The maximum absolute atomic E-state index is 13.2. The van der Waals surface area contributed by atoms with Crippen molar-refractivity contribution < 1.29 is 17.9 Å². The van der Waals surface area contributed by atoms with Gasteiger partial charge < -0.3 is 10.1 Å². The van der Waals surface area contributed by atoms with E-state index >= 15 is 0 Å². The molecule has 4 rings (SSSR count). The van der Waals surface area contributed by atoms with E-state index in [1.165, 1.54) is 10.4 Å². The van der Waals surface area contributed by atoms with Crippen LogP contribution in [0.15, 0.2) is 47.4 Å². The number of nitrogens with zero attached hydrogens (tertiary/aromatic N) is 2. The van der Waals surface area contributed by atoms with Gasteiger partial charge in [0.2, 0.25) is 15.9 Å². The molecule has 7 nitrogen and oxygen atoms in total. The van der Waals surface area contributed by atoms with Crippen LogP contribution in [0.1, 0.15) is 43.0 Å². The van der Waals surface area contributed by atoms with Gasteiger partial charge in [-0.1, -0.05) is 24.6 Å². The van der Waals surface area contributed by atoms with Gasteiger partial charge >= 0.3 is 0 Å². The molecule has 1 saturated heterocycles. The van der Waals surface area contributed by atoms with Crippen molar-refractivity contribution in [1.29, 1.82) is 0 Å². The van der Waals surface area contributed by atoms with Gasteiger partial charge in [0.1, 0.15) is 5.75 Å². The fourth-order valence-corrected chi connectivity index (χ4v) is 6.03. The molecule has 1 aromatic heterocycles. The molecule has 0 saturated carbocycles. The van der Waals surface area contributed by atoms with Crippen LogP contribution in [0, 0.1) is 13.8 Å². The highest BCUT2D eigenvalue weighted by Crippen LogP contribution is 2.31. The summed E-state index contributed by atoms with van der Waals surface area (Å²) in [6, 6.07) is 12.5. The van der Waals surface area contributed by atoms with Gasteiger partial charge in [-0.05, 0) is 69.0 Å². The molecule has 1 N–H and O–H groups in total. The Morgan fingerprint density at radius 2 is 1.82 bits per heavy atom. The minimum atomic E-state index is -3.63. The largest absolute Gasteiger partial charge is 0.492 e. The summed E-state index contributed by atoms with van der Waals surface area (Å²) in [5, 5.41) is 3.90. The van der Waals surface area contributed by atoms with E-state index in [1.807, 2.05) is 45.0 Å². The number of rotatable bonds is 7. The van der Waals surface area contributed by atoms with Gasteiger partial charge in [0.25, 0.3) is 0 Å². The molecule has 180 valence electrons. The lowest BCUT2D eigenvalue weighted by Gasteiger charge is -2.26. The molecule has 0 atom stereocenters. The Hall–Kier alpha value is -2.97. The summed E-state index contributed by atoms with van der Waals surface area (Å²) in [6.45, 7) is 7.18. The lowest BCUT2D eigenvalue weighted by molar-refractivity contribution is -0.115. The first-order chi connectivity index (χ1) is 16.3. The molecular weight excluding hydrogens is 450 g/mol. The Kier molecular flexibility index (Phi) is 7.19. The van der Waals surface area contributed by atoms with E-state index in [0.717, 1.165) is 47.0 Å². The monoisotopic (exact) mass is 481 g/mol. The summed E-state index contributed by atoms with van der Waals surface area (Å²) < 4.78 is 33.5. The fraction of sp³-hybridized carbons (Fsp3) is 0.385. The number of benzene rings is 2. The number of fused-ring (bicyclic) bond motifs is 1. The van der Waals surface area contributed by atoms with Crippen LogP contribution in [0.2, 0.25) is 0 Å². The van der Waals surface area contributed by atoms with E-state index in [1.54, 1.807) is 12.1 Å². The lowest BCUT2D eigenvalue weighted by Crippen LogP contribution is -2.35. The highest BCUT2D eigenvalue weighted by atomic mass is 32.2. The minimum Gasteiger partial charge on any atom is -0.492 e. The van der Waals surface area contributed by atoms with Crippen molar-refractivity contribution >= 4 is 32.5 Å². The van der Waals surface area contributed by atoms with Gasteiger partial charge in [0.05, 0.1) is 29.1 Å². The number of hydrogen-bond donors (Lipinski definition) is 1. The number of nitrogens with one attached hydrogen (secondary N) is 1. The summed E-state index contributed by atoms with van der Waals surface area (Å²) >= 11 is 0. The number of anilines is 1. The molecule has 0 radical (unpaired) electrons. The van der Waals surface area contributed by atoms with Crippen molar-refractivity contribution in [3.8, 4) is 5.75 Å². The van der Waals surface area contributed by atoms with Crippen molar-refractivity contribution in [3.63, 3.8) is 0 Å². The van der Waals surface area contributed by atoms with E-state index in [-0.39, 0.29) is 17.2 Å². The number of hydrogen-bond acceptors (Lipinski definition) is 5. The summed E-state index contributed by atoms with van der Waals surface area (Å²) in [4.78, 5) is 17.9.